The van der Waals surface area contributed by atoms with Crippen LogP contribution in [0.1, 0.15) is 44.1 Å². The third-order valence-electron chi connectivity index (χ3n) is 5.30. The average Bonchev–Trinajstić information content (AvgIpc) is 2.67. The molecule has 0 aliphatic carbocycles. The molecule has 0 amide bonds. The van der Waals surface area contributed by atoms with E-state index in [0.717, 1.165) is 43.7 Å². The molecule has 0 unspecified atom stereocenters. The van der Waals surface area contributed by atoms with E-state index in [0.29, 0.717) is 13.2 Å². The topological polar surface area (TPSA) is 45.5 Å². The van der Waals surface area contributed by atoms with Crippen molar-refractivity contribution in [3.05, 3.63) is 29.8 Å². The molecule has 2 aliphatic rings. The second-order valence-electron chi connectivity index (χ2n) is 6.93. The zero-order valence-electron chi connectivity index (χ0n) is 14.5. The first-order valence-corrected chi connectivity index (χ1v) is 9.27. The van der Waals surface area contributed by atoms with Gasteiger partial charge < -0.3 is 14.4 Å². The average molecular weight is 328 g/mol. The van der Waals surface area contributed by atoms with E-state index in [2.05, 4.69) is 23.1 Å². The Bertz CT molecular complexity index is 538. The van der Waals surface area contributed by atoms with Crippen LogP contribution in [0.4, 0.5) is 0 Å². The van der Waals surface area contributed by atoms with Crippen LogP contribution in [0.25, 0.3) is 0 Å². The zero-order chi connectivity index (χ0) is 16.7. The molecule has 0 saturated carbocycles. The standard InChI is InChI=1S/C20H28N2O2/c21-17-20(9-15-23-16-10-20)18-5-7-19(8-6-18)24-14-4-13-22-11-2-1-3-12-22/h5-8H,1-4,9-16H2. The maximum absolute atomic E-state index is 9.62. The van der Waals surface area contributed by atoms with Crippen LogP contribution in [0, 0.1) is 11.3 Å². The Labute approximate surface area is 145 Å². The first-order chi connectivity index (χ1) is 11.8. The second-order valence-corrected chi connectivity index (χ2v) is 6.93. The van der Waals surface area contributed by atoms with Gasteiger partial charge in [0.1, 0.15) is 5.75 Å². The highest BCUT2D eigenvalue weighted by molar-refractivity contribution is 5.37. The SMILES string of the molecule is N#CC1(c2ccc(OCCCN3CCCCC3)cc2)CCOCC1. The van der Waals surface area contributed by atoms with Gasteiger partial charge in [0.05, 0.1) is 18.1 Å². The van der Waals surface area contributed by atoms with Crippen LogP contribution in [0.15, 0.2) is 24.3 Å². The quantitative estimate of drug-likeness (QED) is 0.750. The molecule has 1 aromatic rings. The van der Waals surface area contributed by atoms with E-state index in [1.165, 1.54) is 32.4 Å². The van der Waals surface area contributed by atoms with E-state index in [1.807, 2.05) is 12.1 Å². The van der Waals surface area contributed by atoms with Crippen LogP contribution in [0.2, 0.25) is 0 Å². The van der Waals surface area contributed by atoms with Gasteiger partial charge in [-0.05, 0) is 62.9 Å². The summed E-state index contributed by atoms with van der Waals surface area (Å²) >= 11 is 0. The van der Waals surface area contributed by atoms with Crippen LogP contribution in [0.5, 0.6) is 5.75 Å². The van der Waals surface area contributed by atoms with E-state index in [-0.39, 0.29) is 5.41 Å². The molecule has 24 heavy (non-hydrogen) atoms. The van der Waals surface area contributed by atoms with Gasteiger partial charge in [0.15, 0.2) is 0 Å². The van der Waals surface area contributed by atoms with Gasteiger partial charge in [0, 0.05) is 19.8 Å². The normalized spacial score (nSPS) is 21.1. The highest BCUT2D eigenvalue weighted by atomic mass is 16.5. The molecule has 4 heteroatoms. The maximum atomic E-state index is 9.62. The van der Waals surface area contributed by atoms with Crippen LogP contribution in [-0.2, 0) is 10.2 Å². The van der Waals surface area contributed by atoms with E-state index < -0.39 is 0 Å². The lowest BCUT2D eigenvalue weighted by molar-refractivity contribution is 0.0675. The summed E-state index contributed by atoms with van der Waals surface area (Å²) < 4.78 is 11.3. The minimum Gasteiger partial charge on any atom is -0.494 e. The van der Waals surface area contributed by atoms with Gasteiger partial charge in [0.2, 0.25) is 0 Å². The van der Waals surface area contributed by atoms with Crippen LogP contribution >= 0.6 is 0 Å². The summed E-state index contributed by atoms with van der Waals surface area (Å²) in [4.78, 5) is 2.54. The monoisotopic (exact) mass is 328 g/mol. The molecule has 0 aromatic heterocycles. The predicted molar refractivity (Wildman–Crippen MR) is 94.2 cm³/mol. The Morgan fingerprint density at radius 2 is 1.79 bits per heavy atom. The van der Waals surface area contributed by atoms with Crippen LogP contribution < -0.4 is 4.74 Å². The first-order valence-electron chi connectivity index (χ1n) is 9.27. The van der Waals surface area contributed by atoms with Gasteiger partial charge in [-0.1, -0.05) is 18.6 Å². The summed E-state index contributed by atoms with van der Waals surface area (Å²) in [6.45, 7) is 5.72. The lowest BCUT2D eigenvalue weighted by Gasteiger charge is -2.31. The van der Waals surface area contributed by atoms with Gasteiger partial charge in [-0.15, -0.1) is 0 Å². The predicted octanol–water partition coefficient (Wildman–Crippen LogP) is 3.51. The van der Waals surface area contributed by atoms with Gasteiger partial charge in [-0.3, -0.25) is 0 Å². The lowest BCUT2D eigenvalue weighted by Crippen LogP contribution is -2.32. The van der Waals surface area contributed by atoms with Gasteiger partial charge in [-0.2, -0.15) is 5.26 Å². The Kier molecular flexibility index (Phi) is 6.12. The minimum absolute atomic E-state index is 0.384. The summed E-state index contributed by atoms with van der Waals surface area (Å²) in [6.07, 6.45) is 6.69. The molecule has 2 fully saturated rings. The molecule has 2 aliphatic heterocycles. The maximum Gasteiger partial charge on any atom is 0.119 e. The number of nitriles is 1. The summed E-state index contributed by atoms with van der Waals surface area (Å²) in [5, 5.41) is 9.62. The van der Waals surface area contributed by atoms with Gasteiger partial charge >= 0.3 is 0 Å². The summed E-state index contributed by atoms with van der Waals surface area (Å²) in [5.41, 5.74) is 0.708. The van der Waals surface area contributed by atoms with Crippen molar-refractivity contribution < 1.29 is 9.47 Å². The molecule has 4 nitrogen and oxygen atoms in total. The van der Waals surface area contributed by atoms with E-state index in [9.17, 15) is 5.26 Å². The molecular formula is C20H28N2O2. The lowest BCUT2D eigenvalue weighted by atomic mass is 9.75. The van der Waals surface area contributed by atoms with Crippen molar-refractivity contribution >= 4 is 0 Å². The number of rotatable bonds is 6. The van der Waals surface area contributed by atoms with Crippen molar-refractivity contribution in [3.63, 3.8) is 0 Å². The molecule has 3 rings (SSSR count). The number of hydrogen-bond donors (Lipinski definition) is 0. The highest BCUT2D eigenvalue weighted by Gasteiger charge is 2.34. The molecule has 0 N–H and O–H groups in total. The molecule has 2 saturated heterocycles. The van der Waals surface area contributed by atoms with Crippen molar-refractivity contribution in [1.82, 2.24) is 4.90 Å². The van der Waals surface area contributed by atoms with Crippen LogP contribution in [-0.4, -0.2) is 44.4 Å². The van der Waals surface area contributed by atoms with Gasteiger partial charge in [0.25, 0.3) is 0 Å². The van der Waals surface area contributed by atoms with Crippen molar-refractivity contribution in [3.8, 4) is 11.8 Å². The van der Waals surface area contributed by atoms with Crippen molar-refractivity contribution in [2.24, 2.45) is 0 Å². The molecule has 1 aromatic carbocycles. The molecule has 0 bridgehead atoms. The number of hydrogen-bond acceptors (Lipinski definition) is 4. The molecule has 0 atom stereocenters. The third kappa shape index (κ3) is 4.28. The Morgan fingerprint density at radius 1 is 1.08 bits per heavy atom. The summed E-state index contributed by atoms with van der Waals surface area (Å²) in [5.74, 6) is 0.901. The number of benzene rings is 1. The second kappa shape index (κ2) is 8.50. The fraction of sp³-hybridized carbons (Fsp3) is 0.650. The van der Waals surface area contributed by atoms with Crippen molar-refractivity contribution in [1.29, 1.82) is 5.26 Å². The first kappa shape index (κ1) is 17.3. The molecule has 130 valence electrons. The molecule has 0 spiro atoms. The number of likely N-dealkylation sites (tertiary alicyclic amines) is 1. The smallest absolute Gasteiger partial charge is 0.119 e. The third-order valence-corrected chi connectivity index (χ3v) is 5.30. The number of nitrogens with zero attached hydrogens (tertiary/aromatic N) is 2. The summed E-state index contributed by atoms with van der Waals surface area (Å²) in [6, 6.07) is 10.6. The van der Waals surface area contributed by atoms with E-state index >= 15 is 0 Å². The number of piperidine rings is 1. The van der Waals surface area contributed by atoms with E-state index in [4.69, 9.17) is 9.47 Å². The fourth-order valence-corrected chi connectivity index (χ4v) is 3.72. The molecule has 0 radical (unpaired) electrons. The van der Waals surface area contributed by atoms with Gasteiger partial charge in [-0.25, -0.2) is 0 Å². The fourth-order valence-electron chi connectivity index (χ4n) is 3.72. The van der Waals surface area contributed by atoms with Crippen molar-refractivity contribution in [2.45, 2.75) is 43.9 Å². The zero-order valence-corrected chi connectivity index (χ0v) is 14.5. The highest BCUT2D eigenvalue weighted by Crippen LogP contribution is 2.34. The molecular weight excluding hydrogens is 300 g/mol. The Hall–Kier alpha value is -1.57. The summed E-state index contributed by atoms with van der Waals surface area (Å²) in [7, 11) is 0. The number of ether oxygens (including phenoxy) is 2. The van der Waals surface area contributed by atoms with Crippen LogP contribution in [0.3, 0.4) is 0 Å². The largest absolute Gasteiger partial charge is 0.494 e. The van der Waals surface area contributed by atoms with E-state index in [1.54, 1.807) is 0 Å². The Morgan fingerprint density at radius 3 is 2.46 bits per heavy atom. The Balaban J connectivity index is 1.46. The minimum atomic E-state index is -0.384. The van der Waals surface area contributed by atoms with Crippen molar-refractivity contribution in [2.75, 3.05) is 39.5 Å². The molecule has 2 heterocycles.